The third-order valence-electron chi connectivity index (χ3n) is 4.71. The van der Waals surface area contributed by atoms with Gasteiger partial charge in [-0.05, 0) is 30.7 Å². The van der Waals surface area contributed by atoms with Crippen molar-refractivity contribution in [2.45, 2.75) is 76.3 Å². The van der Waals surface area contributed by atoms with Crippen LogP contribution in [-0.2, 0) is 4.79 Å². The number of amides is 2. The van der Waals surface area contributed by atoms with E-state index < -0.39 is 29.8 Å². The van der Waals surface area contributed by atoms with Crippen molar-refractivity contribution in [2.24, 2.45) is 0 Å². The number of unbranched alkanes of at least 4 members (excludes halogenated alkanes) is 7. The Morgan fingerprint density at radius 1 is 0.788 bits per heavy atom. The highest BCUT2D eigenvalue weighted by atomic mass is 19.4. The van der Waals surface area contributed by atoms with Gasteiger partial charge < -0.3 is 4.74 Å². The number of rotatable bonds is 13. The molecule has 0 saturated carbocycles. The highest BCUT2D eigenvalue weighted by Crippen LogP contribution is 2.46. The van der Waals surface area contributed by atoms with E-state index in [0.717, 1.165) is 24.7 Å². The average Bonchev–Trinajstić information content (AvgIpc) is 2.75. The molecular weight excluding hydrogens is 461 g/mol. The second kappa shape index (κ2) is 12.6. The first-order valence-electron chi connectivity index (χ1n) is 10.5. The van der Waals surface area contributed by atoms with Gasteiger partial charge in [-0.1, -0.05) is 51.9 Å². The summed E-state index contributed by atoms with van der Waals surface area (Å²) in [4.78, 5) is 23.0. The molecule has 0 atom stereocenters. The molecule has 0 aliphatic heterocycles. The number of nitrogens with one attached hydrogen (secondary N) is 2. The van der Waals surface area contributed by atoms with Gasteiger partial charge in [0.2, 0.25) is 0 Å². The number of benzene rings is 1. The number of carbonyl (C=O) groups is 2. The number of carbonyl (C=O) groups excluding carboxylic acids is 2. The predicted molar refractivity (Wildman–Crippen MR) is 106 cm³/mol. The molecule has 1 aromatic rings. The molecule has 0 aliphatic rings. The molecule has 33 heavy (non-hydrogen) atoms. The van der Waals surface area contributed by atoms with Crippen molar-refractivity contribution in [3.05, 3.63) is 29.8 Å². The molecule has 1 aromatic carbocycles. The lowest BCUT2D eigenvalue weighted by atomic mass is 10.1. The zero-order chi connectivity index (χ0) is 25.1. The topological polar surface area (TPSA) is 67.4 Å². The van der Waals surface area contributed by atoms with Crippen molar-refractivity contribution in [2.75, 3.05) is 6.61 Å². The van der Waals surface area contributed by atoms with E-state index in [1.165, 1.54) is 61.8 Å². The molecule has 0 fully saturated rings. The largest absolute Gasteiger partial charge is 0.494 e. The van der Waals surface area contributed by atoms with Crippen molar-refractivity contribution in [3.63, 3.8) is 0 Å². The first-order chi connectivity index (χ1) is 15.3. The Balaban J connectivity index is 2.42. The minimum atomic E-state index is -6.66. The van der Waals surface area contributed by atoms with Gasteiger partial charge in [-0.25, -0.2) is 0 Å². The van der Waals surface area contributed by atoms with Gasteiger partial charge >= 0.3 is 23.9 Å². The van der Waals surface area contributed by atoms with Crippen LogP contribution >= 0.6 is 0 Å². The molecule has 0 heterocycles. The number of hydrazine groups is 1. The van der Waals surface area contributed by atoms with Gasteiger partial charge in [0, 0.05) is 5.56 Å². The van der Waals surface area contributed by atoms with E-state index >= 15 is 0 Å². The summed E-state index contributed by atoms with van der Waals surface area (Å²) in [6.07, 6.45) is 2.32. The number of ether oxygens (including phenoxy) is 1. The summed E-state index contributed by atoms with van der Waals surface area (Å²) in [6.45, 7) is 2.60. The van der Waals surface area contributed by atoms with E-state index in [0.29, 0.717) is 12.4 Å². The van der Waals surface area contributed by atoms with Gasteiger partial charge in [-0.2, -0.15) is 30.7 Å². The van der Waals surface area contributed by atoms with Gasteiger partial charge in [0.1, 0.15) is 5.75 Å². The minimum absolute atomic E-state index is 0.180. The summed E-state index contributed by atoms with van der Waals surface area (Å²) in [5.74, 6) is -16.6. The maximum atomic E-state index is 13.2. The van der Waals surface area contributed by atoms with Crippen molar-refractivity contribution in [1.82, 2.24) is 10.9 Å². The van der Waals surface area contributed by atoms with Crippen molar-refractivity contribution >= 4 is 11.8 Å². The normalized spacial score (nSPS) is 12.4. The van der Waals surface area contributed by atoms with Crippen LogP contribution in [0.4, 0.5) is 30.7 Å². The molecule has 188 valence electrons. The first kappa shape index (κ1) is 28.5. The fourth-order valence-corrected chi connectivity index (χ4v) is 2.71. The SMILES string of the molecule is CCCCCCCCCCOc1ccc(C(=O)NNC(=O)C(F)(F)C(F)(F)C(F)(F)F)cc1. The maximum absolute atomic E-state index is 13.2. The standard InChI is InChI=1S/C21H27F7N2O3/c1-2-3-4-5-6-7-8-9-14-33-16-12-10-15(11-13-16)17(31)29-30-18(32)19(22,23)20(24,25)21(26,27)28/h10-13H,2-9,14H2,1H3,(H,29,31)(H,30,32). The smallest absolute Gasteiger partial charge is 0.460 e. The minimum Gasteiger partial charge on any atom is -0.494 e. The highest BCUT2D eigenvalue weighted by molar-refractivity contribution is 5.96. The van der Waals surface area contributed by atoms with E-state index in [1.54, 1.807) is 0 Å². The Morgan fingerprint density at radius 3 is 1.82 bits per heavy atom. The number of hydrogen-bond donors (Lipinski definition) is 2. The summed E-state index contributed by atoms with van der Waals surface area (Å²) >= 11 is 0. The molecule has 0 aromatic heterocycles. The van der Waals surface area contributed by atoms with Gasteiger partial charge in [0.15, 0.2) is 0 Å². The number of halogens is 7. The third-order valence-corrected chi connectivity index (χ3v) is 4.71. The predicted octanol–water partition coefficient (Wildman–Crippen LogP) is 5.80. The lowest BCUT2D eigenvalue weighted by Gasteiger charge is -2.26. The van der Waals surface area contributed by atoms with Gasteiger partial charge in [-0.15, -0.1) is 0 Å². The number of hydrogen-bond acceptors (Lipinski definition) is 3. The molecule has 0 aliphatic carbocycles. The van der Waals surface area contributed by atoms with Crippen LogP contribution in [0.5, 0.6) is 5.75 Å². The summed E-state index contributed by atoms with van der Waals surface area (Å²) in [5.41, 5.74) is 2.08. The van der Waals surface area contributed by atoms with Gasteiger partial charge in [0.05, 0.1) is 6.61 Å². The summed E-state index contributed by atoms with van der Waals surface area (Å²) in [5, 5.41) is 0. The Hall–Kier alpha value is -2.53. The lowest BCUT2D eigenvalue weighted by Crippen LogP contribution is -2.61. The van der Waals surface area contributed by atoms with Crippen LogP contribution < -0.4 is 15.6 Å². The number of alkyl halides is 7. The van der Waals surface area contributed by atoms with Crippen molar-refractivity contribution < 1.29 is 45.1 Å². The molecule has 2 N–H and O–H groups in total. The average molecular weight is 488 g/mol. The molecule has 5 nitrogen and oxygen atoms in total. The summed E-state index contributed by atoms with van der Waals surface area (Å²) in [7, 11) is 0. The van der Waals surface area contributed by atoms with Crippen LogP contribution in [0.3, 0.4) is 0 Å². The molecule has 0 bridgehead atoms. The highest BCUT2D eigenvalue weighted by Gasteiger charge is 2.76. The summed E-state index contributed by atoms with van der Waals surface area (Å²) < 4.78 is 93.8. The molecule has 2 amide bonds. The van der Waals surface area contributed by atoms with Gasteiger partial charge in [0.25, 0.3) is 5.91 Å². The fraction of sp³-hybridized carbons (Fsp3) is 0.619. The quantitative estimate of drug-likeness (QED) is 0.210. The van der Waals surface area contributed by atoms with Crippen LogP contribution in [0, 0.1) is 0 Å². The Kier molecular flexibility index (Phi) is 10.9. The third kappa shape index (κ3) is 8.39. The Morgan fingerprint density at radius 2 is 1.30 bits per heavy atom. The van der Waals surface area contributed by atoms with E-state index in [-0.39, 0.29) is 5.56 Å². The fourth-order valence-electron chi connectivity index (χ4n) is 2.71. The molecule has 0 spiro atoms. The molecular formula is C21H27F7N2O3. The summed E-state index contributed by atoms with van der Waals surface area (Å²) in [6, 6.07) is 5.17. The van der Waals surface area contributed by atoms with Crippen LogP contribution in [0.1, 0.15) is 68.6 Å². The van der Waals surface area contributed by atoms with Crippen LogP contribution in [0.2, 0.25) is 0 Å². The van der Waals surface area contributed by atoms with E-state index in [1.807, 2.05) is 0 Å². The Labute approximate surface area is 187 Å². The zero-order valence-electron chi connectivity index (χ0n) is 18.0. The van der Waals surface area contributed by atoms with Crippen LogP contribution in [-0.4, -0.2) is 36.4 Å². The maximum Gasteiger partial charge on any atom is 0.460 e. The van der Waals surface area contributed by atoms with Crippen molar-refractivity contribution in [1.29, 1.82) is 0 Å². The zero-order valence-corrected chi connectivity index (χ0v) is 18.0. The van der Waals surface area contributed by atoms with E-state index in [9.17, 15) is 40.3 Å². The first-order valence-corrected chi connectivity index (χ1v) is 10.5. The monoisotopic (exact) mass is 488 g/mol. The molecule has 12 heteroatoms. The molecule has 0 unspecified atom stereocenters. The van der Waals surface area contributed by atoms with Crippen LogP contribution in [0.15, 0.2) is 24.3 Å². The second-order valence-corrected chi connectivity index (χ2v) is 7.40. The molecule has 0 saturated heterocycles. The van der Waals surface area contributed by atoms with E-state index in [4.69, 9.17) is 4.74 Å². The molecule has 0 radical (unpaired) electrons. The lowest BCUT2D eigenvalue weighted by molar-refractivity contribution is -0.344. The Bertz CT molecular complexity index is 753. The second-order valence-electron chi connectivity index (χ2n) is 7.40. The van der Waals surface area contributed by atoms with Crippen LogP contribution in [0.25, 0.3) is 0 Å². The van der Waals surface area contributed by atoms with Gasteiger partial charge in [-0.3, -0.25) is 20.4 Å². The van der Waals surface area contributed by atoms with Crippen molar-refractivity contribution in [3.8, 4) is 5.75 Å². The molecule has 1 rings (SSSR count). The van der Waals surface area contributed by atoms with E-state index in [2.05, 4.69) is 6.92 Å².